The van der Waals surface area contributed by atoms with Crippen molar-refractivity contribution in [1.82, 2.24) is 15.5 Å². The zero-order chi connectivity index (χ0) is 21.5. The topological polar surface area (TPSA) is 101 Å². The lowest BCUT2D eigenvalue weighted by Crippen LogP contribution is -2.35. The van der Waals surface area contributed by atoms with E-state index < -0.39 is 6.61 Å². The first kappa shape index (κ1) is 23.4. The van der Waals surface area contributed by atoms with Gasteiger partial charge in [0, 0.05) is 27.2 Å². The van der Waals surface area contributed by atoms with Gasteiger partial charge in [-0.3, -0.25) is 4.79 Å². The van der Waals surface area contributed by atoms with Crippen LogP contribution in [0.15, 0.2) is 40.7 Å². The Morgan fingerprint density at radius 1 is 1.29 bits per heavy atom. The molecule has 0 amide bonds. The summed E-state index contributed by atoms with van der Waals surface area (Å²) in [4.78, 5) is 17.8. The summed E-state index contributed by atoms with van der Waals surface area (Å²) in [5.74, 6) is 0.752. The molecule has 0 aliphatic carbocycles. The standard InChI is InChI=1S/C21H33N5O2/c1-14(15-8-10-16(11-9-15)21(2,3)4)24-19(17(12-27)18(22)13-28)25-20(23-5)26(6)7/h8-12,14,22,24,28H,13H2,1-7H3,(H,23,25)/b19-17+,22-18?. The third-order valence-electron chi connectivity index (χ3n) is 4.35. The number of rotatable bonds is 7. The van der Waals surface area contributed by atoms with Gasteiger partial charge in [0.05, 0.1) is 17.9 Å². The van der Waals surface area contributed by atoms with Crippen LogP contribution in [0.3, 0.4) is 0 Å². The monoisotopic (exact) mass is 387 g/mol. The minimum Gasteiger partial charge on any atom is -0.390 e. The highest BCUT2D eigenvalue weighted by Gasteiger charge is 2.17. The molecule has 4 N–H and O–H groups in total. The van der Waals surface area contributed by atoms with E-state index in [0.717, 1.165) is 5.56 Å². The van der Waals surface area contributed by atoms with E-state index in [2.05, 4.69) is 48.5 Å². The van der Waals surface area contributed by atoms with E-state index in [9.17, 15) is 9.90 Å². The van der Waals surface area contributed by atoms with Crippen LogP contribution in [0.5, 0.6) is 0 Å². The summed E-state index contributed by atoms with van der Waals surface area (Å²) < 4.78 is 0. The Balaban J connectivity index is 3.31. The van der Waals surface area contributed by atoms with Gasteiger partial charge < -0.3 is 26.0 Å². The van der Waals surface area contributed by atoms with Crippen molar-refractivity contribution in [3.8, 4) is 0 Å². The molecule has 0 radical (unpaired) electrons. The average molecular weight is 388 g/mol. The van der Waals surface area contributed by atoms with Gasteiger partial charge in [-0.15, -0.1) is 0 Å². The molecule has 7 nitrogen and oxygen atoms in total. The number of aliphatic imine (C=N–C) groups is 1. The molecule has 1 atom stereocenters. The summed E-state index contributed by atoms with van der Waals surface area (Å²) in [6.45, 7) is 7.91. The summed E-state index contributed by atoms with van der Waals surface area (Å²) >= 11 is 0. The summed E-state index contributed by atoms with van der Waals surface area (Å²) in [6.07, 6.45) is 0.544. The molecule has 1 unspecified atom stereocenters. The van der Waals surface area contributed by atoms with Gasteiger partial charge in [0.25, 0.3) is 0 Å². The summed E-state index contributed by atoms with van der Waals surface area (Å²) in [7, 11) is 5.36. The third-order valence-corrected chi connectivity index (χ3v) is 4.35. The van der Waals surface area contributed by atoms with E-state index in [1.165, 1.54) is 5.56 Å². The largest absolute Gasteiger partial charge is 0.390 e. The molecule has 7 heteroatoms. The molecule has 0 spiro atoms. The van der Waals surface area contributed by atoms with Gasteiger partial charge in [-0.1, -0.05) is 45.0 Å². The second-order valence-corrected chi connectivity index (χ2v) is 7.83. The molecule has 0 saturated carbocycles. The average Bonchev–Trinajstić information content (AvgIpc) is 2.65. The molecule has 0 saturated heterocycles. The number of aliphatic hydroxyl groups is 1. The molecule has 0 fully saturated rings. The number of carbonyl (C=O) groups excluding carboxylic acids is 1. The fraction of sp³-hybridized carbons (Fsp3) is 0.476. The summed E-state index contributed by atoms with van der Waals surface area (Å²) in [6, 6.07) is 8.12. The van der Waals surface area contributed by atoms with Crippen LogP contribution in [-0.4, -0.2) is 55.7 Å². The number of aliphatic hydroxyl groups excluding tert-OH is 1. The lowest BCUT2D eigenvalue weighted by molar-refractivity contribution is -0.104. The first-order valence-electron chi connectivity index (χ1n) is 9.24. The van der Waals surface area contributed by atoms with Crippen molar-refractivity contribution >= 4 is 18.0 Å². The number of hydrogen-bond donors (Lipinski definition) is 4. The molecule has 0 heterocycles. The molecular formula is C21H33N5O2. The van der Waals surface area contributed by atoms with Gasteiger partial charge in [-0.25, -0.2) is 0 Å². The zero-order valence-electron chi connectivity index (χ0n) is 17.9. The maximum atomic E-state index is 11.6. The van der Waals surface area contributed by atoms with E-state index >= 15 is 0 Å². The number of hydrogen-bond acceptors (Lipinski definition) is 5. The van der Waals surface area contributed by atoms with Gasteiger partial charge in [0.15, 0.2) is 12.2 Å². The van der Waals surface area contributed by atoms with Gasteiger partial charge in [0.1, 0.15) is 5.82 Å². The van der Waals surface area contributed by atoms with Crippen LogP contribution in [0.1, 0.15) is 44.9 Å². The Morgan fingerprint density at radius 3 is 2.25 bits per heavy atom. The third kappa shape index (κ3) is 6.20. The first-order valence-corrected chi connectivity index (χ1v) is 9.24. The molecule has 1 aromatic rings. The molecule has 1 rings (SSSR count). The van der Waals surface area contributed by atoms with Gasteiger partial charge in [0.2, 0.25) is 0 Å². The Hall–Kier alpha value is -2.67. The van der Waals surface area contributed by atoms with Crippen LogP contribution in [0, 0.1) is 5.41 Å². The lowest BCUT2D eigenvalue weighted by atomic mass is 9.86. The molecule has 0 aliphatic heterocycles. The van der Waals surface area contributed by atoms with Crippen molar-refractivity contribution < 1.29 is 9.90 Å². The minimum absolute atomic E-state index is 0.0234. The highest BCUT2D eigenvalue weighted by atomic mass is 16.3. The Bertz CT molecular complexity index is 743. The molecule has 154 valence electrons. The molecule has 0 bridgehead atoms. The Labute approximate surface area is 168 Å². The van der Waals surface area contributed by atoms with Crippen LogP contribution in [0.25, 0.3) is 0 Å². The molecule has 28 heavy (non-hydrogen) atoms. The predicted molar refractivity (Wildman–Crippen MR) is 115 cm³/mol. The Kier molecular flexibility index (Phi) is 8.37. The van der Waals surface area contributed by atoms with Gasteiger partial charge >= 0.3 is 0 Å². The van der Waals surface area contributed by atoms with E-state index in [4.69, 9.17) is 5.41 Å². The maximum absolute atomic E-state index is 11.6. The minimum atomic E-state index is -0.541. The smallest absolute Gasteiger partial charge is 0.199 e. The highest BCUT2D eigenvalue weighted by molar-refractivity contribution is 6.14. The van der Waals surface area contributed by atoms with Gasteiger partial charge in [-0.05, 0) is 23.5 Å². The van der Waals surface area contributed by atoms with E-state index in [1.54, 1.807) is 11.9 Å². The lowest BCUT2D eigenvalue weighted by Gasteiger charge is -2.22. The molecular weight excluding hydrogens is 354 g/mol. The van der Waals surface area contributed by atoms with Crippen molar-refractivity contribution in [3.05, 3.63) is 46.8 Å². The maximum Gasteiger partial charge on any atom is 0.199 e. The van der Waals surface area contributed by atoms with Crippen LogP contribution in [-0.2, 0) is 10.2 Å². The van der Waals surface area contributed by atoms with Gasteiger partial charge in [-0.2, -0.15) is 4.99 Å². The number of nitrogens with zero attached hydrogens (tertiary/aromatic N) is 2. The van der Waals surface area contributed by atoms with Crippen molar-refractivity contribution in [1.29, 1.82) is 5.41 Å². The fourth-order valence-electron chi connectivity index (χ4n) is 2.57. The van der Waals surface area contributed by atoms with E-state index in [0.29, 0.717) is 12.2 Å². The Morgan fingerprint density at radius 2 is 1.86 bits per heavy atom. The van der Waals surface area contributed by atoms with Crippen LogP contribution >= 0.6 is 0 Å². The summed E-state index contributed by atoms with van der Waals surface area (Å²) in [5, 5.41) is 23.4. The quantitative estimate of drug-likeness (QED) is 0.249. The number of guanidine groups is 1. The van der Waals surface area contributed by atoms with Crippen molar-refractivity contribution in [2.24, 2.45) is 4.99 Å². The van der Waals surface area contributed by atoms with E-state index in [-0.39, 0.29) is 28.6 Å². The van der Waals surface area contributed by atoms with Crippen molar-refractivity contribution in [3.63, 3.8) is 0 Å². The van der Waals surface area contributed by atoms with Crippen LogP contribution < -0.4 is 10.6 Å². The van der Waals surface area contributed by atoms with E-state index in [1.807, 2.05) is 33.2 Å². The zero-order valence-corrected chi connectivity index (χ0v) is 17.9. The van der Waals surface area contributed by atoms with Crippen LogP contribution in [0.2, 0.25) is 0 Å². The number of carbonyl (C=O) groups is 1. The van der Waals surface area contributed by atoms with Crippen molar-refractivity contribution in [2.45, 2.75) is 39.2 Å². The fourth-order valence-corrected chi connectivity index (χ4v) is 2.57. The van der Waals surface area contributed by atoms with Crippen molar-refractivity contribution in [2.75, 3.05) is 27.7 Å². The number of benzene rings is 1. The number of nitrogens with one attached hydrogen (secondary N) is 3. The second kappa shape index (κ2) is 10.0. The SMILES string of the molecule is CN/C(=N\C(NC(C)c1ccc(C(C)(C)C)cc1)=C(/C=O)C(=N)CO)N(C)C. The normalized spacial score (nSPS) is 14.1. The molecule has 0 aliphatic rings. The second-order valence-electron chi connectivity index (χ2n) is 7.83. The molecule has 0 aromatic heterocycles. The number of aldehydes is 1. The predicted octanol–water partition coefficient (Wildman–Crippen LogP) is 2.19. The van der Waals surface area contributed by atoms with Crippen LogP contribution in [0.4, 0.5) is 0 Å². The molecule has 1 aromatic carbocycles. The summed E-state index contributed by atoms with van der Waals surface area (Å²) in [5.41, 5.74) is 2.16. The first-order chi connectivity index (χ1) is 13.0. The highest BCUT2D eigenvalue weighted by Crippen LogP contribution is 2.24.